The summed E-state index contributed by atoms with van der Waals surface area (Å²) in [7, 11) is 0. The zero-order valence-electron chi connectivity index (χ0n) is 23.8. The number of halogens is 3. The van der Waals surface area contributed by atoms with Crippen LogP contribution in [0.4, 0.5) is 13.2 Å². The fraction of sp³-hybridized carbons (Fsp3) is 0.387. The molecular weight excluding hydrogens is 553 g/mol. The number of rotatable bonds is 13. The van der Waals surface area contributed by atoms with Crippen LogP contribution < -0.4 is 10.3 Å². The van der Waals surface area contributed by atoms with Crippen molar-refractivity contribution in [3.63, 3.8) is 0 Å². The van der Waals surface area contributed by atoms with E-state index in [9.17, 15) is 37.5 Å². The van der Waals surface area contributed by atoms with Crippen LogP contribution in [-0.2, 0) is 26.3 Å². The number of aliphatic carboxylic acids is 1. The Morgan fingerprint density at radius 2 is 1.64 bits per heavy atom. The van der Waals surface area contributed by atoms with Crippen LogP contribution in [0.3, 0.4) is 0 Å². The summed E-state index contributed by atoms with van der Waals surface area (Å²) in [6, 6.07) is 10.2. The number of carboxylic acid groups (broad SMARTS) is 1. The number of carboxylic acids is 1. The zero-order chi connectivity index (χ0) is 31.2. The Hall–Kier alpha value is -4.28. The Morgan fingerprint density at radius 3 is 2.29 bits per heavy atom. The zero-order valence-corrected chi connectivity index (χ0v) is 23.8. The van der Waals surface area contributed by atoms with E-state index in [2.05, 4.69) is 25.9 Å². The van der Waals surface area contributed by atoms with Crippen molar-refractivity contribution in [3.8, 4) is 5.75 Å². The monoisotopic (exact) mass is 586 g/mol. The predicted molar refractivity (Wildman–Crippen MR) is 148 cm³/mol. The molecule has 0 saturated heterocycles. The molecule has 1 aromatic heterocycles. The Labute approximate surface area is 241 Å². The van der Waals surface area contributed by atoms with E-state index in [0.717, 1.165) is 11.1 Å². The number of ketones is 2. The van der Waals surface area contributed by atoms with Crippen LogP contribution in [0, 0.1) is 23.4 Å². The largest absolute Gasteiger partial charge is 0.481 e. The summed E-state index contributed by atoms with van der Waals surface area (Å²) < 4.78 is 47.4. The van der Waals surface area contributed by atoms with E-state index in [-0.39, 0.29) is 23.9 Å². The van der Waals surface area contributed by atoms with Gasteiger partial charge in [0.25, 0.3) is 5.56 Å². The van der Waals surface area contributed by atoms with Crippen LogP contribution in [-0.4, -0.2) is 39.0 Å². The van der Waals surface area contributed by atoms with Gasteiger partial charge in [-0.15, -0.1) is 0 Å². The first-order valence-corrected chi connectivity index (χ1v) is 13.4. The Balaban J connectivity index is 1.83. The SMILES string of the molecule is CC[C@H](C(=O)C[C@@H](CC(=O)O)C(=O)COc1c(F)ccc(F)c1F)c1ccnn(Cc2ccccc2C(C)(C)C)c1=O. The van der Waals surface area contributed by atoms with Crippen LogP contribution in [0.25, 0.3) is 0 Å². The van der Waals surface area contributed by atoms with Gasteiger partial charge in [-0.05, 0) is 41.2 Å². The maximum Gasteiger partial charge on any atom is 0.304 e. The van der Waals surface area contributed by atoms with Crippen LogP contribution in [0.15, 0.2) is 53.5 Å². The summed E-state index contributed by atoms with van der Waals surface area (Å²) in [6.07, 6.45) is 0.265. The molecule has 0 aliphatic rings. The van der Waals surface area contributed by atoms with Gasteiger partial charge in [-0.25, -0.2) is 13.5 Å². The minimum Gasteiger partial charge on any atom is -0.481 e. The summed E-state index contributed by atoms with van der Waals surface area (Å²) in [4.78, 5) is 51.1. The van der Waals surface area contributed by atoms with Crippen LogP contribution >= 0.6 is 0 Å². The van der Waals surface area contributed by atoms with Crippen molar-refractivity contribution in [1.82, 2.24) is 9.78 Å². The molecule has 1 heterocycles. The molecule has 0 amide bonds. The number of hydrogen-bond acceptors (Lipinski definition) is 6. The number of carbonyl (C=O) groups is 3. The molecule has 0 bridgehead atoms. The summed E-state index contributed by atoms with van der Waals surface area (Å²) in [5.41, 5.74) is 1.37. The van der Waals surface area contributed by atoms with Crippen molar-refractivity contribution in [1.29, 1.82) is 0 Å². The molecule has 11 heteroatoms. The fourth-order valence-electron chi connectivity index (χ4n) is 4.81. The lowest BCUT2D eigenvalue weighted by molar-refractivity contribution is -0.141. The summed E-state index contributed by atoms with van der Waals surface area (Å²) in [5, 5.41) is 13.5. The van der Waals surface area contributed by atoms with Gasteiger partial charge in [-0.3, -0.25) is 19.2 Å². The molecule has 0 unspecified atom stereocenters. The van der Waals surface area contributed by atoms with Gasteiger partial charge in [0.1, 0.15) is 12.4 Å². The molecule has 0 saturated carbocycles. The highest BCUT2D eigenvalue weighted by Crippen LogP contribution is 2.28. The minimum absolute atomic E-state index is 0.146. The molecule has 42 heavy (non-hydrogen) atoms. The first-order chi connectivity index (χ1) is 19.7. The molecule has 0 radical (unpaired) electrons. The van der Waals surface area contributed by atoms with Gasteiger partial charge >= 0.3 is 5.97 Å². The maximum absolute atomic E-state index is 13.9. The smallest absolute Gasteiger partial charge is 0.304 e. The number of aromatic nitrogens is 2. The second-order valence-electron chi connectivity index (χ2n) is 11.0. The fourth-order valence-corrected chi connectivity index (χ4v) is 4.81. The number of hydrogen-bond donors (Lipinski definition) is 1. The second-order valence-corrected chi connectivity index (χ2v) is 11.0. The lowest BCUT2D eigenvalue weighted by Gasteiger charge is -2.23. The molecule has 1 N–H and O–H groups in total. The second kappa shape index (κ2) is 13.6. The highest BCUT2D eigenvalue weighted by molar-refractivity contribution is 5.93. The molecule has 0 aliphatic carbocycles. The quantitative estimate of drug-likeness (QED) is 0.274. The average Bonchev–Trinajstić information content (AvgIpc) is 2.92. The predicted octanol–water partition coefficient (Wildman–Crippen LogP) is 5.20. The van der Waals surface area contributed by atoms with Crippen LogP contribution in [0.5, 0.6) is 5.75 Å². The Bertz CT molecular complexity index is 1530. The molecule has 0 aliphatic heterocycles. The minimum atomic E-state index is -1.64. The first kappa shape index (κ1) is 32.2. The topological polar surface area (TPSA) is 116 Å². The normalized spacial score (nSPS) is 12.9. The summed E-state index contributed by atoms with van der Waals surface area (Å²) >= 11 is 0. The van der Waals surface area contributed by atoms with Crippen molar-refractivity contribution in [2.45, 2.75) is 64.8 Å². The number of benzene rings is 2. The third-order valence-electron chi connectivity index (χ3n) is 6.94. The Morgan fingerprint density at radius 1 is 0.976 bits per heavy atom. The van der Waals surface area contributed by atoms with E-state index in [1.807, 2.05) is 24.3 Å². The van der Waals surface area contributed by atoms with E-state index < -0.39 is 77.6 Å². The van der Waals surface area contributed by atoms with E-state index in [4.69, 9.17) is 4.74 Å². The molecule has 0 spiro atoms. The third-order valence-corrected chi connectivity index (χ3v) is 6.94. The van der Waals surface area contributed by atoms with Crippen molar-refractivity contribution in [2.24, 2.45) is 5.92 Å². The summed E-state index contributed by atoms with van der Waals surface area (Å²) in [6.45, 7) is 7.00. The number of ether oxygens (including phenoxy) is 1. The number of Topliss-reactive ketones (excluding diaryl/α,β-unsaturated/α-hetero) is 2. The highest BCUT2D eigenvalue weighted by atomic mass is 19.2. The molecular formula is C31H33F3N2O6. The lowest BCUT2D eigenvalue weighted by Crippen LogP contribution is -2.32. The van der Waals surface area contributed by atoms with Gasteiger partial charge in [0.05, 0.1) is 13.0 Å². The van der Waals surface area contributed by atoms with Crippen molar-refractivity contribution in [3.05, 3.63) is 93.2 Å². The van der Waals surface area contributed by atoms with Gasteiger partial charge in [-0.1, -0.05) is 52.0 Å². The van der Waals surface area contributed by atoms with Crippen molar-refractivity contribution < 1.29 is 37.4 Å². The molecule has 0 fully saturated rings. The Kier molecular flexibility index (Phi) is 10.4. The van der Waals surface area contributed by atoms with Gasteiger partial charge in [0, 0.05) is 30.0 Å². The van der Waals surface area contributed by atoms with Crippen LogP contribution in [0.2, 0.25) is 0 Å². The van der Waals surface area contributed by atoms with Crippen LogP contribution in [0.1, 0.15) is 69.6 Å². The van der Waals surface area contributed by atoms with E-state index in [1.54, 1.807) is 6.92 Å². The van der Waals surface area contributed by atoms with Gasteiger partial charge in [-0.2, -0.15) is 9.49 Å². The molecule has 224 valence electrons. The molecule has 3 aromatic rings. The average molecular weight is 587 g/mol. The van der Waals surface area contributed by atoms with E-state index in [1.165, 1.54) is 16.9 Å². The number of carbonyl (C=O) groups excluding carboxylic acids is 2. The van der Waals surface area contributed by atoms with Crippen molar-refractivity contribution in [2.75, 3.05) is 6.61 Å². The van der Waals surface area contributed by atoms with Gasteiger partial charge in [0.15, 0.2) is 23.2 Å². The molecule has 3 rings (SSSR count). The summed E-state index contributed by atoms with van der Waals surface area (Å²) in [5.74, 6) is -10.7. The van der Waals surface area contributed by atoms with Gasteiger partial charge < -0.3 is 9.84 Å². The molecule has 8 nitrogen and oxygen atoms in total. The van der Waals surface area contributed by atoms with Crippen molar-refractivity contribution >= 4 is 17.5 Å². The first-order valence-electron chi connectivity index (χ1n) is 13.4. The number of nitrogens with zero attached hydrogens (tertiary/aromatic N) is 2. The molecule has 2 atom stereocenters. The standard InChI is InChI=1S/C31H33F3N2O6/c1-5-20(21-12-13-35-36(30(21)41)16-18-8-6-7-9-22(18)31(2,3)4)25(37)14-19(15-27(39)40)26(38)17-42-29-24(33)11-10-23(32)28(29)34/h6-13,19-20H,5,14-17H2,1-4H3,(H,39,40)/t19-,20-/m0/s1. The van der Waals surface area contributed by atoms with E-state index >= 15 is 0 Å². The van der Waals surface area contributed by atoms with Gasteiger partial charge in [0.2, 0.25) is 5.82 Å². The van der Waals surface area contributed by atoms with E-state index in [0.29, 0.717) is 12.1 Å². The molecule has 2 aromatic carbocycles. The third kappa shape index (κ3) is 7.71. The maximum atomic E-state index is 13.9. The highest BCUT2D eigenvalue weighted by Gasteiger charge is 2.31. The lowest BCUT2D eigenvalue weighted by atomic mass is 9.83.